The Kier molecular flexibility index (Phi) is 8.68. The molecular weight excluding hydrogens is 514 g/mol. The molecule has 4 rings (SSSR count). The summed E-state index contributed by atoms with van der Waals surface area (Å²) >= 11 is 0. The maximum Gasteiger partial charge on any atom is 0.276 e. The van der Waals surface area contributed by atoms with Crippen molar-refractivity contribution in [3.63, 3.8) is 0 Å². The lowest BCUT2D eigenvalue weighted by Gasteiger charge is -2.18. The molecule has 0 amide bonds. The Bertz CT molecular complexity index is 1450. The number of halogens is 6. The molecule has 4 aromatic carbocycles. The van der Waals surface area contributed by atoms with Gasteiger partial charge in [-0.25, -0.2) is 22.0 Å². The molecule has 0 bridgehead atoms. The molecule has 0 saturated carbocycles. The standard InChI is InChI=1S/C32H28F6O/c1-3-5-20-6-8-22(9-7-20)25-13-10-23(18-27(25)33)26-14-12-24(19-28(26)34)32(37,38)16-17-39-29-15-11-21(4-2)30(35)31(29)36/h6-15,18-19H,3-5,16-17H2,1-2H3. The first-order chi connectivity index (χ1) is 18.6. The molecule has 1 nitrogen and oxygen atoms in total. The Morgan fingerprint density at radius 2 is 1.33 bits per heavy atom. The van der Waals surface area contributed by atoms with Crippen molar-refractivity contribution in [2.75, 3.05) is 6.61 Å². The van der Waals surface area contributed by atoms with Gasteiger partial charge in [0.05, 0.1) is 6.61 Å². The van der Waals surface area contributed by atoms with Crippen molar-refractivity contribution >= 4 is 0 Å². The molecule has 0 aliphatic rings. The minimum Gasteiger partial charge on any atom is -0.490 e. The molecule has 39 heavy (non-hydrogen) atoms. The van der Waals surface area contributed by atoms with Gasteiger partial charge in [0.25, 0.3) is 5.92 Å². The van der Waals surface area contributed by atoms with Crippen LogP contribution in [0, 0.1) is 23.3 Å². The molecule has 0 N–H and O–H groups in total. The number of alkyl halides is 2. The van der Waals surface area contributed by atoms with E-state index in [-0.39, 0.29) is 23.1 Å². The molecule has 0 aliphatic heterocycles. The second kappa shape index (κ2) is 12.0. The van der Waals surface area contributed by atoms with Gasteiger partial charge in [0.15, 0.2) is 11.6 Å². The maximum atomic E-state index is 14.9. The van der Waals surface area contributed by atoms with Crippen molar-refractivity contribution in [1.29, 1.82) is 0 Å². The first kappa shape index (κ1) is 28.3. The summed E-state index contributed by atoms with van der Waals surface area (Å²) in [5, 5.41) is 0. The van der Waals surface area contributed by atoms with Crippen LogP contribution in [-0.2, 0) is 18.8 Å². The Hall–Kier alpha value is -3.74. The fourth-order valence-electron chi connectivity index (χ4n) is 4.42. The number of hydrogen-bond donors (Lipinski definition) is 0. The third-order valence-corrected chi connectivity index (χ3v) is 6.66. The van der Waals surface area contributed by atoms with Crippen LogP contribution >= 0.6 is 0 Å². The van der Waals surface area contributed by atoms with E-state index in [1.807, 2.05) is 24.3 Å². The van der Waals surface area contributed by atoms with Gasteiger partial charge in [0.2, 0.25) is 5.82 Å². The van der Waals surface area contributed by atoms with E-state index in [9.17, 15) is 26.3 Å². The fraction of sp³-hybridized carbons (Fsp3) is 0.250. The summed E-state index contributed by atoms with van der Waals surface area (Å²) in [5.74, 6) is -7.78. The van der Waals surface area contributed by atoms with E-state index in [4.69, 9.17) is 4.74 Å². The molecule has 0 saturated heterocycles. The van der Waals surface area contributed by atoms with Crippen LogP contribution in [0.1, 0.15) is 43.4 Å². The molecule has 0 fully saturated rings. The number of benzene rings is 4. The van der Waals surface area contributed by atoms with Gasteiger partial charge in [-0.3, -0.25) is 0 Å². The fourth-order valence-corrected chi connectivity index (χ4v) is 4.42. The average molecular weight is 543 g/mol. The van der Waals surface area contributed by atoms with Gasteiger partial charge in [-0.05, 0) is 53.3 Å². The van der Waals surface area contributed by atoms with Crippen molar-refractivity contribution in [2.45, 2.75) is 45.5 Å². The molecular formula is C32H28F6O. The van der Waals surface area contributed by atoms with Gasteiger partial charge in [-0.1, -0.05) is 74.9 Å². The van der Waals surface area contributed by atoms with Gasteiger partial charge in [0.1, 0.15) is 11.6 Å². The Morgan fingerprint density at radius 3 is 1.97 bits per heavy atom. The van der Waals surface area contributed by atoms with Crippen molar-refractivity contribution < 1.29 is 31.1 Å². The van der Waals surface area contributed by atoms with Crippen LogP contribution in [0.4, 0.5) is 26.3 Å². The molecule has 4 aromatic rings. The van der Waals surface area contributed by atoms with Crippen LogP contribution in [0.3, 0.4) is 0 Å². The molecule has 0 radical (unpaired) electrons. The zero-order chi connectivity index (χ0) is 28.2. The first-order valence-corrected chi connectivity index (χ1v) is 12.8. The van der Waals surface area contributed by atoms with Crippen LogP contribution in [0.5, 0.6) is 5.75 Å². The number of rotatable bonds is 10. The summed E-state index contributed by atoms with van der Waals surface area (Å²) < 4.78 is 92.5. The molecule has 0 heterocycles. The zero-order valence-electron chi connectivity index (χ0n) is 21.6. The van der Waals surface area contributed by atoms with Crippen LogP contribution in [0.2, 0.25) is 0 Å². The lowest BCUT2D eigenvalue weighted by Crippen LogP contribution is -2.18. The molecule has 204 valence electrons. The second-order valence-electron chi connectivity index (χ2n) is 9.34. The molecule has 7 heteroatoms. The molecule has 0 spiro atoms. The topological polar surface area (TPSA) is 9.23 Å². The van der Waals surface area contributed by atoms with Gasteiger partial charge in [-0.15, -0.1) is 0 Å². The normalized spacial score (nSPS) is 11.6. The highest BCUT2D eigenvalue weighted by Crippen LogP contribution is 2.36. The minimum absolute atomic E-state index is 0.0249. The largest absolute Gasteiger partial charge is 0.490 e. The van der Waals surface area contributed by atoms with Crippen molar-refractivity contribution in [3.05, 3.63) is 113 Å². The lowest BCUT2D eigenvalue weighted by molar-refractivity contribution is -0.0248. The van der Waals surface area contributed by atoms with E-state index in [2.05, 4.69) is 6.92 Å². The van der Waals surface area contributed by atoms with E-state index in [0.29, 0.717) is 17.2 Å². The minimum atomic E-state index is -3.50. The predicted molar refractivity (Wildman–Crippen MR) is 141 cm³/mol. The van der Waals surface area contributed by atoms with Crippen LogP contribution in [0.15, 0.2) is 72.8 Å². The van der Waals surface area contributed by atoms with Crippen LogP contribution in [-0.4, -0.2) is 6.61 Å². The number of aryl methyl sites for hydroxylation is 2. The molecule has 0 atom stereocenters. The molecule has 0 unspecified atom stereocenters. The van der Waals surface area contributed by atoms with Gasteiger partial charge in [-0.2, -0.15) is 4.39 Å². The summed E-state index contributed by atoms with van der Waals surface area (Å²) in [4.78, 5) is 0. The monoisotopic (exact) mass is 542 g/mol. The van der Waals surface area contributed by atoms with Crippen molar-refractivity contribution in [1.82, 2.24) is 0 Å². The first-order valence-electron chi connectivity index (χ1n) is 12.8. The summed E-state index contributed by atoms with van der Waals surface area (Å²) in [5.41, 5.74) is 1.91. The SMILES string of the molecule is CCCc1ccc(-c2ccc(-c3ccc(C(F)(F)CCOc4ccc(CC)c(F)c4F)cc3F)cc2F)cc1. The predicted octanol–water partition coefficient (Wildman–Crippen LogP) is 9.65. The summed E-state index contributed by atoms with van der Waals surface area (Å²) in [6.07, 6.45) is 1.31. The second-order valence-corrected chi connectivity index (χ2v) is 9.34. The van der Waals surface area contributed by atoms with E-state index in [1.165, 1.54) is 30.3 Å². The van der Waals surface area contributed by atoms with E-state index in [1.54, 1.807) is 13.0 Å². The van der Waals surface area contributed by atoms with Gasteiger partial charge < -0.3 is 4.74 Å². The third-order valence-electron chi connectivity index (χ3n) is 6.66. The average Bonchev–Trinajstić information content (AvgIpc) is 2.92. The Labute approximate surface area is 224 Å². The van der Waals surface area contributed by atoms with Crippen LogP contribution in [0.25, 0.3) is 22.3 Å². The van der Waals surface area contributed by atoms with E-state index in [0.717, 1.165) is 24.5 Å². The summed E-state index contributed by atoms with van der Waals surface area (Å²) in [6, 6.07) is 17.2. The highest BCUT2D eigenvalue weighted by Gasteiger charge is 2.32. The number of ether oxygens (including phenoxy) is 1. The van der Waals surface area contributed by atoms with E-state index >= 15 is 0 Å². The maximum absolute atomic E-state index is 14.9. The van der Waals surface area contributed by atoms with Crippen molar-refractivity contribution in [3.8, 4) is 28.0 Å². The highest BCUT2D eigenvalue weighted by molar-refractivity contribution is 5.71. The summed E-state index contributed by atoms with van der Waals surface area (Å²) in [7, 11) is 0. The molecule has 0 aromatic heterocycles. The third kappa shape index (κ3) is 6.29. The van der Waals surface area contributed by atoms with E-state index < -0.39 is 53.5 Å². The Morgan fingerprint density at radius 1 is 0.692 bits per heavy atom. The van der Waals surface area contributed by atoms with Gasteiger partial charge in [0, 0.05) is 23.1 Å². The summed E-state index contributed by atoms with van der Waals surface area (Å²) in [6.45, 7) is 3.11. The molecule has 0 aliphatic carbocycles. The quantitative estimate of drug-likeness (QED) is 0.181. The van der Waals surface area contributed by atoms with Crippen molar-refractivity contribution in [2.24, 2.45) is 0 Å². The van der Waals surface area contributed by atoms with Crippen LogP contribution < -0.4 is 4.74 Å². The lowest BCUT2D eigenvalue weighted by atomic mass is 9.96. The zero-order valence-corrected chi connectivity index (χ0v) is 21.6. The highest BCUT2D eigenvalue weighted by atomic mass is 19.3. The van der Waals surface area contributed by atoms with Gasteiger partial charge >= 0.3 is 0 Å². The number of hydrogen-bond acceptors (Lipinski definition) is 1. The Balaban J connectivity index is 1.47. The smallest absolute Gasteiger partial charge is 0.276 e.